The second-order valence-corrected chi connectivity index (χ2v) is 5.47. The number of carbonyl (C=O) groups is 1. The largest absolute Gasteiger partial charge is 0.372 e. The number of amides is 1. The lowest BCUT2D eigenvalue weighted by atomic mass is 9.90. The van der Waals surface area contributed by atoms with Crippen molar-refractivity contribution in [1.82, 2.24) is 5.32 Å². The van der Waals surface area contributed by atoms with E-state index in [1.54, 1.807) is 6.92 Å². The first kappa shape index (κ1) is 17.5. The molecule has 1 aliphatic heterocycles. The average Bonchev–Trinajstić information content (AvgIpc) is 2.90. The molecule has 1 heterocycles. The van der Waals surface area contributed by atoms with E-state index >= 15 is 0 Å². The minimum absolute atomic E-state index is 0. The number of hydrogen-bond donors (Lipinski definition) is 2. The number of hydrogen-bond acceptors (Lipinski definition) is 3. The van der Waals surface area contributed by atoms with Gasteiger partial charge in [0.1, 0.15) is 5.84 Å². The SMILES string of the molecule is CC(=O)Nc1c(C)c(C)c(CC2=NCCN2)c(C)c1C.Cl. The average molecular weight is 310 g/mol. The summed E-state index contributed by atoms with van der Waals surface area (Å²) < 4.78 is 0. The monoisotopic (exact) mass is 309 g/mol. The zero-order chi connectivity index (χ0) is 14.9. The van der Waals surface area contributed by atoms with Crippen LogP contribution in [-0.2, 0) is 11.2 Å². The standard InChI is InChI=1S/C16H23N3O.ClH/c1-9-11(3)16(19-13(5)20)12(4)10(2)14(9)8-15-17-6-7-18-15;/h6-8H2,1-5H3,(H,17,18)(H,19,20);1H. The van der Waals surface area contributed by atoms with Crippen molar-refractivity contribution in [3.63, 3.8) is 0 Å². The zero-order valence-electron chi connectivity index (χ0n) is 13.4. The van der Waals surface area contributed by atoms with Gasteiger partial charge in [-0.1, -0.05) is 0 Å². The molecule has 5 heteroatoms. The van der Waals surface area contributed by atoms with Crippen LogP contribution in [0.15, 0.2) is 4.99 Å². The maximum atomic E-state index is 11.4. The normalized spacial score (nSPS) is 13.3. The highest BCUT2D eigenvalue weighted by Crippen LogP contribution is 2.31. The molecule has 2 rings (SSSR count). The number of aliphatic imine (C=N–C) groups is 1. The summed E-state index contributed by atoms with van der Waals surface area (Å²) in [5.74, 6) is 1.05. The topological polar surface area (TPSA) is 53.5 Å². The third-order valence-corrected chi connectivity index (χ3v) is 4.17. The van der Waals surface area contributed by atoms with E-state index in [0.717, 1.165) is 42.2 Å². The minimum atomic E-state index is -0.0235. The number of nitrogens with one attached hydrogen (secondary N) is 2. The Morgan fingerprint density at radius 2 is 1.71 bits per heavy atom. The van der Waals surface area contributed by atoms with Gasteiger partial charge in [-0.2, -0.15) is 0 Å². The number of amidine groups is 1. The van der Waals surface area contributed by atoms with E-state index < -0.39 is 0 Å². The summed E-state index contributed by atoms with van der Waals surface area (Å²) in [5.41, 5.74) is 7.06. The molecule has 1 aromatic rings. The summed E-state index contributed by atoms with van der Waals surface area (Å²) in [6, 6.07) is 0. The van der Waals surface area contributed by atoms with Gasteiger partial charge < -0.3 is 10.6 Å². The van der Waals surface area contributed by atoms with E-state index in [2.05, 4.69) is 43.3 Å². The summed E-state index contributed by atoms with van der Waals surface area (Å²) in [5, 5.41) is 6.28. The van der Waals surface area contributed by atoms with Gasteiger partial charge in [-0.15, -0.1) is 12.4 Å². The van der Waals surface area contributed by atoms with Crippen LogP contribution in [0.2, 0.25) is 0 Å². The summed E-state index contributed by atoms with van der Waals surface area (Å²) in [7, 11) is 0. The van der Waals surface area contributed by atoms with Crippen LogP contribution in [0.5, 0.6) is 0 Å². The van der Waals surface area contributed by atoms with Crippen molar-refractivity contribution in [3.05, 3.63) is 27.8 Å². The second kappa shape index (κ2) is 6.94. The summed E-state index contributed by atoms with van der Waals surface area (Å²) >= 11 is 0. The third-order valence-electron chi connectivity index (χ3n) is 4.17. The summed E-state index contributed by atoms with van der Waals surface area (Å²) in [6.07, 6.45) is 0.847. The van der Waals surface area contributed by atoms with Crippen LogP contribution in [0.25, 0.3) is 0 Å². The highest BCUT2D eigenvalue weighted by Gasteiger charge is 2.17. The zero-order valence-corrected chi connectivity index (χ0v) is 14.2. The molecule has 21 heavy (non-hydrogen) atoms. The lowest BCUT2D eigenvalue weighted by Crippen LogP contribution is -2.22. The first-order chi connectivity index (χ1) is 9.41. The van der Waals surface area contributed by atoms with Crippen molar-refractivity contribution in [2.24, 2.45) is 4.99 Å². The molecular weight excluding hydrogens is 286 g/mol. The molecule has 0 aromatic heterocycles. The number of nitrogens with zero attached hydrogens (tertiary/aromatic N) is 1. The number of halogens is 1. The van der Waals surface area contributed by atoms with Crippen molar-refractivity contribution in [1.29, 1.82) is 0 Å². The predicted molar refractivity (Wildman–Crippen MR) is 91.0 cm³/mol. The van der Waals surface area contributed by atoms with Gasteiger partial charge in [-0.05, 0) is 55.5 Å². The van der Waals surface area contributed by atoms with Gasteiger partial charge in [-0.3, -0.25) is 9.79 Å². The fourth-order valence-electron chi connectivity index (χ4n) is 2.75. The molecule has 2 N–H and O–H groups in total. The van der Waals surface area contributed by atoms with Crippen molar-refractivity contribution in [2.45, 2.75) is 41.0 Å². The van der Waals surface area contributed by atoms with Crippen LogP contribution in [0.1, 0.15) is 34.7 Å². The highest BCUT2D eigenvalue weighted by molar-refractivity contribution is 5.92. The number of anilines is 1. The molecule has 0 aliphatic carbocycles. The van der Waals surface area contributed by atoms with Crippen LogP contribution >= 0.6 is 12.4 Å². The Balaban J connectivity index is 0.00000220. The van der Waals surface area contributed by atoms with E-state index in [0.29, 0.717) is 0 Å². The van der Waals surface area contributed by atoms with E-state index in [-0.39, 0.29) is 18.3 Å². The maximum absolute atomic E-state index is 11.4. The van der Waals surface area contributed by atoms with Crippen LogP contribution in [-0.4, -0.2) is 24.8 Å². The van der Waals surface area contributed by atoms with Crippen molar-refractivity contribution in [3.8, 4) is 0 Å². The molecule has 0 saturated heterocycles. The Bertz CT molecular complexity index is 565. The molecule has 116 valence electrons. The predicted octanol–water partition coefficient (Wildman–Crippen LogP) is 2.84. The second-order valence-electron chi connectivity index (χ2n) is 5.47. The van der Waals surface area contributed by atoms with E-state index in [1.165, 1.54) is 16.7 Å². The third kappa shape index (κ3) is 3.56. The van der Waals surface area contributed by atoms with Crippen molar-refractivity contribution in [2.75, 3.05) is 18.4 Å². The number of benzene rings is 1. The van der Waals surface area contributed by atoms with Crippen LogP contribution in [0.4, 0.5) is 5.69 Å². The Hall–Kier alpha value is -1.55. The minimum Gasteiger partial charge on any atom is -0.372 e. The fraction of sp³-hybridized carbons (Fsp3) is 0.500. The molecule has 0 saturated carbocycles. The van der Waals surface area contributed by atoms with Crippen LogP contribution in [0.3, 0.4) is 0 Å². The molecule has 4 nitrogen and oxygen atoms in total. The van der Waals surface area contributed by atoms with Gasteiger partial charge in [0.05, 0.1) is 6.54 Å². The highest BCUT2D eigenvalue weighted by atomic mass is 35.5. The Morgan fingerprint density at radius 1 is 1.14 bits per heavy atom. The van der Waals surface area contributed by atoms with Gasteiger partial charge in [0.25, 0.3) is 0 Å². The molecule has 0 atom stereocenters. The molecule has 1 amide bonds. The molecule has 0 bridgehead atoms. The molecular formula is C16H24ClN3O. The Morgan fingerprint density at radius 3 is 2.14 bits per heavy atom. The van der Waals surface area contributed by atoms with Crippen LogP contribution < -0.4 is 10.6 Å². The molecule has 0 radical (unpaired) electrons. The number of rotatable bonds is 3. The maximum Gasteiger partial charge on any atom is 0.221 e. The smallest absolute Gasteiger partial charge is 0.221 e. The molecule has 1 aliphatic rings. The van der Waals surface area contributed by atoms with Gasteiger partial charge in [-0.25, -0.2) is 0 Å². The molecule has 0 fully saturated rings. The molecule has 1 aromatic carbocycles. The van der Waals surface area contributed by atoms with Gasteiger partial charge in [0.15, 0.2) is 0 Å². The fourth-order valence-corrected chi connectivity index (χ4v) is 2.75. The van der Waals surface area contributed by atoms with Gasteiger partial charge >= 0.3 is 0 Å². The summed E-state index contributed by atoms with van der Waals surface area (Å²) in [6.45, 7) is 11.7. The first-order valence-corrected chi connectivity index (χ1v) is 7.05. The van der Waals surface area contributed by atoms with E-state index in [9.17, 15) is 4.79 Å². The molecule has 0 spiro atoms. The molecule has 0 unspecified atom stereocenters. The lowest BCUT2D eigenvalue weighted by molar-refractivity contribution is -0.114. The lowest BCUT2D eigenvalue weighted by Gasteiger charge is -2.20. The number of carbonyl (C=O) groups excluding carboxylic acids is 1. The van der Waals surface area contributed by atoms with Crippen molar-refractivity contribution >= 4 is 29.8 Å². The van der Waals surface area contributed by atoms with Crippen molar-refractivity contribution < 1.29 is 4.79 Å². The van der Waals surface area contributed by atoms with Gasteiger partial charge in [0.2, 0.25) is 5.91 Å². The van der Waals surface area contributed by atoms with E-state index in [4.69, 9.17) is 0 Å². The van der Waals surface area contributed by atoms with E-state index in [1.807, 2.05) is 0 Å². The Labute approximate surface area is 132 Å². The van der Waals surface area contributed by atoms with Gasteiger partial charge in [0, 0.05) is 25.6 Å². The first-order valence-electron chi connectivity index (χ1n) is 7.05. The van der Waals surface area contributed by atoms with Crippen LogP contribution in [0, 0.1) is 27.7 Å². The Kier molecular flexibility index (Phi) is 5.78. The quantitative estimate of drug-likeness (QED) is 0.902. The summed E-state index contributed by atoms with van der Waals surface area (Å²) in [4.78, 5) is 15.8.